The van der Waals surface area contributed by atoms with Gasteiger partial charge in [0, 0.05) is 24.9 Å². The van der Waals surface area contributed by atoms with Gasteiger partial charge in [-0.3, -0.25) is 4.79 Å². The predicted octanol–water partition coefficient (Wildman–Crippen LogP) is 2.93. The summed E-state index contributed by atoms with van der Waals surface area (Å²) in [6.45, 7) is 3.89. The van der Waals surface area contributed by atoms with E-state index in [0.29, 0.717) is 12.5 Å². The molecule has 0 saturated carbocycles. The van der Waals surface area contributed by atoms with Gasteiger partial charge in [0.2, 0.25) is 11.8 Å². The first-order valence-corrected chi connectivity index (χ1v) is 6.05. The molecule has 0 aliphatic rings. The fourth-order valence-electron chi connectivity index (χ4n) is 1.64. The summed E-state index contributed by atoms with van der Waals surface area (Å²) in [4.78, 5) is 15.2. The van der Waals surface area contributed by atoms with Crippen LogP contribution in [0.3, 0.4) is 0 Å². The van der Waals surface area contributed by atoms with Crippen molar-refractivity contribution in [2.75, 3.05) is 5.32 Å². The molecular weight excluding hydrogens is 240 g/mol. The molecule has 0 aliphatic heterocycles. The zero-order valence-electron chi connectivity index (χ0n) is 11.0. The molecule has 1 amide bonds. The van der Waals surface area contributed by atoms with Gasteiger partial charge in [-0.15, -0.1) is 0 Å². The van der Waals surface area contributed by atoms with Crippen molar-refractivity contribution in [1.29, 1.82) is 0 Å². The van der Waals surface area contributed by atoms with E-state index < -0.39 is 0 Å². The number of aryl methyl sites for hydroxylation is 1. The van der Waals surface area contributed by atoms with E-state index in [-0.39, 0.29) is 5.91 Å². The Bertz CT molecular complexity index is 565. The number of pyridine rings is 1. The van der Waals surface area contributed by atoms with Crippen LogP contribution in [-0.2, 0) is 11.4 Å². The Morgan fingerprint density at radius 1 is 1.32 bits per heavy atom. The summed E-state index contributed by atoms with van der Waals surface area (Å²) < 4.78 is 5.58. The van der Waals surface area contributed by atoms with Crippen LogP contribution in [-0.4, -0.2) is 10.9 Å². The second kappa shape index (κ2) is 6.00. The highest BCUT2D eigenvalue weighted by Gasteiger charge is 2.00. The average molecular weight is 256 g/mol. The van der Waals surface area contributed by atoms with Gasteiger partial charge in [-0.1, -0.05) is 18.2 Å². The van der Waals surface area contributed by atoms with Gasteiger partial charge in [-0.25, -0.2) is 4.98 Å². The number of amides is 1. The third-order valence-corrected chi connectivity index (χ3v) is 2.52. The maximum absolute atomic E-state index is 11.0. The van der Waals surface area contributed by atoms with Crippen LogP contribution in [0.5, 0.6) is 5.88 Å². The molecule has 0 atom stereocenters. The molecule has 1 N–H and O–H groups in total. The molecule has 0 fully saturated rings. The molecule has 1 aromatic carbocycles. The van der Waals surface area contributed by atoms with E-state index in [0.717, 1.165) is 16.8 Å². The molecule has 4 nitrogen and oxygen atoms in total. The zero-order chi connectivity index (χ0) is 13.7. The number of carbonyl (C=O) groups excluding carboxylic acids is 1. The quantitative estimate of drug-likeness (QED) is 0.915. The summed E-state index contributed by atoms with van der Waals surface area (Å²) in [7, 11) is 0. The lowest BCUT2D eigenvalue weighted by atomic mass is 10.2. The summed E-state index contributed by atoms with van der Waals surface area (Å²) in [5.74, 6) is 0.508. The Morgan fingerprint density at radius 3 is 2.84 bits per heavy atom. The van der Waals surface area contributed by atoms with Crippen LogP contribution in [0.2, 0.25) is 0 Å². The minimum atomic E-state index is -0.0849. The van der Waals surface area contributed by atoms with E-state index in [4.69, 9.17) is 4.74 Å². The van der Waals surface area contributed by atoms with Gasteiger partial charge in [-0.05, 0) is 30.2 Å². The first-order chi connectivity index (χ1) is 9.13. The number of hydrogen-bond donors (Lipinski definition) is 1. The number of hydrogen-bond acceptors (Lipinski definition) is 3. The number of anilines is 1. The average Bonchev–Trinajstić information content (AvgIpc) is 2.38. The van der Waals surface area contributed by atoms with Crippen molar-refractivity contribution >= 4 is 11.6 Å². The minimum absolute atomic E-state index is 0.0849. The van der Waals surface area contributed by atoms with E-state index in [9.17, 15) is 4.79 Å². The predicted molar refractivity (Wildman–Crippen MR) is 74.1 cm³/mol. The lowest BCUT2D eigenvalue weighted by Gasteiger charge is -2.07. The molecule has 0 bridgehead atoms. The molecule has 0 radical (unpaired) electrons. The first kappa shape index (κ1) is 13.1. The van der Waals surface area contributed by atoms with Crippen LogP contribution in [0.25, 0.3) is 0 Å². The van der Waals surface area contributed by atoms with Crippen molar-refractivity contribution in [1.82, 2.24) is 4.98 Å². The summed E-state index contributed by atoms with van der Waals surface area (Å²) >= 11 is 0. The maximum atomic E-state index is 11.0. The van der Waals surface area contributed by atoms with E-state index in [2.05, 4.69) is 10.3 Å². The Balaban J connectivity index is 1.99. The molecule has 2 rings (SSSR count). The topological polar surface area (TPSA) is 51.2 Å². The SMILES string of the molecule is CC(=O)Nc1cccc(COc2ccc(C)cn2)c1. The number of benzene rings is 1. The number of carbonyl (C=O) groups is 1. The molecule has 0 spiro atoms. The van der Waals surface area contributed by atoms with Gasteiger partial charge in [0.15, 0.2) is 0 Å². The van der Waals surface area contributed by atoms with Crippen LogP contribution >= 0.6 is 0 Å². The molecule has 4 heteroatoms. The Kier molecular flexibility index (Phi) is 4.13. The molecule has 1 aromatic heterocycles. The van der Waals surface area contributed by atoms with Gasteiger partial charge >= 0.3 is 0 Å². The van der Waals surface area contributed by atoms with Gasteiger partial charge in [0.1, 0.15) is 6.61 Å². The number of aromatic nitrogens is 1. The molecular formula is C15H16N2O2. The Labute approximate surface area is 112 Å². The molecule has 1 heterocycles. The van der Waals surface area contributed by atoms with Crippen molar-refractivity contribution in [3.8, 4) is 5.88 Å². The van der Waals surface area contributed by atoms with Crippen LogP contribution in [0.15, 0.2) is 42.6 Å². The van der Waals surface area contributed by atoms with Crippen molar-refractivity contribution in [2.24, 2.45) is 0 Å². The smallest absolute Gasteiger partial charge is 0.221 e. The van der Waals surface area contributed by atoms with Crippen molar-refractivity contribution in [2.45, 2.75) is 20.5 Å². The summed E-state index contributed by atoms with van der Waals surface area (Å²) in [5.41, 5.74) is 2.85. The van der Waals surface area contributed by atoms with E-state index in [1.165, 1.54) is 6.92 Å². The molecule has 19 heavy (non-hydrogen) atoms. The lowest BCUT2D eigenvalue weighted by molar-refractivity contribution is -0.114. The highest BCUT2D eigenvalue weighted by Crippen LogP contribution is 2.14. The highest BCUT2D eigenvalue weighted by atomic mass is 16.5. The minimum Gasteiger partial charge on any atom is -0.473 e. The Morgan fingerprint density at radius 2 is 2.16 bits per heavy atom. The first-order valence-electron chi connectivity index (χ1n) is 6.05. The van der Waals surface area contributed by atoms with Crippen molar-refractivity contribution in [3.05, 3.63) is 53.7 Å². The van der Waals surface area contributed by atoms with Gasteiger partial charge in [0.05, 0.1) is 0 Å². The third-order valence-electron chi connectivity index (χ3n) is 2.52. The largest absolute Gasteiger partial charge is 0.473 e. The van der Waals surface area contributed by atoms with Crippen LogP contribution in [0.1, 0.15) is 18.1 Å². The zero-order valence-corrected chi connectivity index (χ0v) is 11.0. The number of nitrogens with one attached hydrogen (secondary N) is 1. The summed E-state index contributed by atoms with van der Waals surface area (Å²) in [6.07, 6.45) is 1.77. The normalized spacial score (nSPS) is 10.0. The fraction of sp³-hybridized carbons (Fsp3) is 0.200. The molecule has 0 aliphatic carbocycles. The lowest BCUT2D eigenvalue weighted by Crippen LogP contribution is -2.06. The second-order valence-electron chi connectivity index (χ2n) is 4.34. The Hall–Kier alpha value is -2.36. The monoisotopic (exact) mass is 256 g/mol. The van der Waals surface area contributed by atoms with Crippen LogP contribution in [0, 0.1) is 6.92 Å². The summed E-state index contributed by atoms with van der Waals surface area (Å²) in [5, 5.41) is 2.74. The number of ether oxygens (including phenoxy) is 1. The van der Waals surface area contributed by atoms with Crippen LogP contribution in [0.4, 0.5) is 5.69 Å². The van der Waals surface area contributed by atoms with E-state index in [1.807, 2.05) is 43.3 Å². The molecule has 2 aromatic rings. The summed E-state index contributed by atoms with van der Waals surface area (Å²) in [6, 6.07) is 11.3. The van der Waals surface area contributed by atoms with E-state index >= 15 is 0 Å². The molecule has 0 unspecified atom stereocenters. The third kappa shape index (κ3) is 4.10. The van der Waals surface area contributed by atoms with Gasteiger partial charge in [-0.2, -0.15) is 0 Å². The standard InChI is InChI=1S/C15H16N2O2/c1-11-6-7-15(16-9-11)19-10-13-4-3-5-14(8-13)17-12(2)18/h3-9H,10H2,1-2H3,(H,17,18). The molecule has 98 valence electrons. The second-order valence-corrected chi connectivity index (χ2v) is 4.34. The van der Waals surface area contributed by atoms with Crippen molar-refractivity contribution < 1.29 is 9.53 Å². The van der Waals surface area contributed by atoms with Gasteiger partial charge < -0.3 is 10.1 Å². The maximum Gasteiger partial charge on any atom is 0.221 e. The van der Waals surface area contributed by atoms with Gasteiger partial charge in [0.25, 0.3) is 0 Å². The fourth-order valence-corrected chi connectivity index (χ4v) is 1.64. The molecule has 0 saturated heterocycles. The van der Waals surface area contributed by atoms with Crippen molar-refractivity contribution in [3.63, 3.8) is 0 Å². The number of rotatable bonds is 4. The number of nitrogens with zero attached hydrogens (tertiary/aromatic N) is 1. The van der Waals surface area contributed by atoms with E-state index in [1.54, 1.807) is 6.20 Å². The van der Waals surface area contributed by atoms with Crippen LogP contribution < -0.4 is 10.1 Å². The highest BCUT2D eigenvalue weighted by molar-refractivity contribution is 5.88.